The van der Waals surface area contributed by atoms with Crippen LogP contribution in [-0.4, -0.2) is 12.6 Å². The Morgan fingerprint density at radius 2 is 0.468 bits per heavy atom. The predicted molar refractivity (Wildman–Crippen MR) is 275 cm³/mol. The molecule has 4 heterocycles. The topological polar surface area (TPSA) is 34.1 Å². The minimum atomic E-state index is 0.869. The van der Waals surface area contributed by atoms with E-state index in [1.54, 1.807) is 45.3 Å². The summed E-state index contributed by atoms with van der Waals surface area (Å²) >= 11 is 6.79. The molecule has 334 valence electrons. The van der Waals surface area contributed by atoms with Crippen molar-refractivity contribution in [3.63, 3.8) is 0 Å². The van der Waals surface area contributed by atoms with Crippen LogP contribution in [-0.2, 0) is 51.4 Å². The van der Waals surface area contributed by atoms with E-state index in [4.69, 9.17) is 0 Å². The normalized spacial score (nSPS) is 10.9. The van der Waals surface area contributed by atoms with Crippen LogP contribution >= 0.6 is 45.3 Å². The Balaban J connectivity index is 1.91. The Morgan fingerprint density at radius 1 is 0.290 bits per heavy atom. The van der Waals surface area contributed by atoms with E-state index in [2.05, 4.69) is 90.9 Å². The molecule has 0 spiro atoms. The van der Waals surface area contributed by atoms with Crippen molar-refractivity contribution < 1.29 is 9.59 Å². The molecule has 0 aliphatic carbocycles. The third kappa shape index (κ3) is 14.2. The second kappa shape index (κ2) is 28.6. The Bertz CT molecular complexity index is 2060. The molecule has 0 bridgehead atoms. The van der Waals surface area contributed by atoms with Crippen LogP contribution in [0.2, 0.25) is 0 Å². The SMILES string of the molecule is CCCCc1c(C#Cc2sc(C#Cc3sc(C=O)c(CCCC)c3CCCC)c(CCCC)c2CCCC)sc(C#Cc2sc(C=O)c(CCCC)c2CCCC)c1CCCC. The number of unbranched alkanes of at least 4 members (excludes halogenated alkanes) is 8. The first kappa shape index (κ1) is 51.5. The van der Waals surface area contributed by atoms with Crippen molar-refractivity contribution >= 4 is 57.9 Å². The lowest BCUT2D eigenvalue weighted by molar-refractivity contribution is 0.111. The third-order valence-corrected chi connectivity index (χ3v) is 16.3. The molecule has 4 aromatic heterocycles. The zero-order chi connectivity index (χ0) is 44.7. The molecule has 6 heteroatoms. The Hall–Kier alpha value is -3.18. The van der Waals surface area contributed by atoms with Crippen molar-refractivity contribution in [1.82, 2.24) is 0 Å². The molecule has 0 fully saturated rings. The Kier molecular flexibility index (Phi) is 23.7. The fourth-order valence-electron chi connectivity index (χ4n) is 8.14. The fraction of sp³-hybridized carbons (Fsp3) is 0.571. The van der Waals surface area contributed by atoms with Gasteiger partial charge in [0.25, 0.3) is 0 Å². The average Bonchev–Trinajstić information content (AvgIpc) is 4.02. The minimum absolute atomic E-state index is 0.869. The van der Waals surface area contributed by atoms with Gasteiger partial charge in [-0.2, -0.15) is 0 Å². The summed E-state index contributed by atoms with van der Waals surface area (Å²) in [5, 5.41) is 0. The van der Waals surface area contributed by atoms with E-state index in [1.165, 1.54) is 54.3 Å². The molecular formula is C56H74O2S4. The van der Waals surface area contributed by atoms with Crippen molar-refractivity contribution in [1.29, 1.82) is 0 Å². The van der Waals surface area contributed by atoms with Crippen LogP contribution in [0.15, 0.2) is 0 Å². The molecule has 4 aromatic rings. The summed E-state index contributed by atoms with van der Waals surface area (Å²) < 4.78 is 0. The summed E-state index contributed by atoms with van der Waals surface area (Å²) in [4.78, 5) is 33.2. The van der Waals surface area contributed by atoms with Crippen molar-refractivity contribution in [2.45, 2.75) is 209 Å². The van der Waals surface area contributed by atoms with Gasteiger partial charge in [0.2, 0.25) is 0 Å². The van der Waals surface area contributed by atoms with Gasteiger partial charge in [0.1, 0.15) is 0 Å². The Morgan fingerprint density at radius 3 is 0.661 bits per heavy atom. The van der Waals surface area contributed by atoms with E-state index in [1.807, 2.05) is 0 Å². The number of hydrogen-bond acceptors (Lipinski definition) is 6. The summed E-state index contributed by atoms with van der Waals surface area (Å²) in [6.45, 7) is 18.0. The summed E-state index contributed by atoms with van der Waals surface area (Å²) in [5.41, 5.74) is 10.7. The predicted octanol–water partition coefficient (Wildman–Crippen LogP) is 16.5. The molecule has 0 amide bonds. The van der Waals surface area contributed by atoms with E-state index in [0.29, 0.717) is 0 Å². The minimum Gasteiger partial charge on any atom is -0.297 e. The van der Waals surface area contributed by atoms with E-state index in [0.717, 1.165) is 196 Å². The average molecular weight is 907 g/mol. The highest BCUT2D eigenvalue weighted by molar-refractivity contribution is 7.15. The molecule has 2 nitrogen and oxygen atoms in total. The van der Waals surface area contributed by atoms with Crippen LogP contribution in [0.1, 0.15) is 251 Å². The van der Waals surface area contributed by atoms with Crippen LogP contribution in [0.5, 0.6) is 0 Å². The smallest absolute Gasteiger partial charge is 0.160 e. The maximum absolute atomic E-state index is 12.3. The first-order valence-corrected chi connectivity index (χ1v) is 27.7. The van der Waals surface area contributed by atoms with Gasteiger partial charge in [-0.1, -0.05) is 107 Å². The van der Waals surface area contributed by atoms with Gasteiger partial charge < -0.3 is 0 Å². The lowest BCUT2D eigenvalue weighted by Gasteiger charge is -2.06. The lowest BCUT2D eigenvalue weighted by Crippen LogP contribution is -1.96. The summed E-state index contributed by atoms with van der Waals surface area (Å²) in [6.07, 6.45) is 28.0. The van der Waals surface area contributed by atoms with Gasteiger partial charge in [-0.15, -0.1) is 45.3 Å². The zero-order valence-electron chi connectivity index (χ0n) is 39.6. The molecule has 0 aromatic carbocycles. The molecule has 0 N–H and O–H groups in total. The molecule has 4 rings (SSSR count). The van der Waals surface area contributed by atoms with Gasteiger partial charge in [0, 0.05) is 0 Å². The van der Waals surface area contributed by atoms with Crippen LogP contribution in [0, 0.1) is 35.5 Å². The van der Waals surface area contributed by atoms with Gasteiger partial charge in [0.05, 0.1) is 39.0 Å². The van der Waals surface area contributed by atoms with Gasteiger partial charge in [0.15, 0.2) is 12.6 Å². The van der Waals surface area contributed by atoms with Crippen molar-refractivity contribution in [3.05, 3.63) is 83.5 Å². The van der Waals surface area contributed by atoms with Crippen LogP contribution < -0.4 is 0 Å². The first-order chi connectivity index (χ1) is 30.4. The van der Waals surface area contributed by atoms with E-state index in [-0.39, 0.29) is 0 Å². The first-order valence-electron chi connectivity index (χ1n) is 24.4. The molecule has 0 saturated heterocycles. The van der Waals surface area contributed by atoms with Gasteiger partial charge in [-0.3, -0.25) is 9.59 Å². The molecular weight excluding hydrogens is 833 g/mol. The number of carbonyl (C=O) groups is 2. The van der Waals surface area contributed by atoms with E-state index >= 15 is 0 Å². The van der Waals surface area contributed by atoms with Crippen LogP contribution in [0.4, 0.5) is 0 Å². The summed E-state index contributed by atoms with van der Waals surface area (Å²) in [7, 11) is 0. The molecule has 0 unspecified atom stereocenters. The monoisotopic (exact) mass is 906 g/mol. The van der Waals surface area contributed by atoms with Crippen LogP contribution in [0.3, 0.4) is 0 Å². The molecule has 0 saturated carbocycles. The number of rotatable bonds is 26. The van der Waals surface area contributed by atoms with E-state index in [9.17, 15) is 9.59 Å². The Labute approximate surface area is 393 Å². The highest BCUT2D eigenvalue weighted by Crippen LogP contribution is 2.36. The zero-order valence-corrected chi connectivity index (χ0v) is 42.8. The van der Waals surface area contributed by atoms with E-state index < -0.39 is 0 Å². The summed E-state index contributed by atoms with van der Waals surface area (Å²) in [6, 6.07) is 0. The maximum Gasteiger partial charge on any atom is 0.160 e. The number of hydrogen-bond donors (Lipinski definition) is 0. The van der Waals surface area contributed by atoms with Gasteiger partial charge in [-0.25, -0.2) is 0 Å². The number of thiophene rings is 4. The third-order valence-electron chi connectivity index (χ3n) is 11.9. The maximum atomic E-state index is 12.3. The van der Waals surface area contributed by atoms with Gasteiger partial charge in [-0.05, 0) is 183 Å². The fourth-order valence-corrected chi connectivity index (χ4v) is 12.5. The van der Waals surface area contributed by atoms with Crippen LogP contribution in [0.25, 0.3) is 0 Å². The molecule has 0 aliphatic heterocycles. The molecule has 0 radical (unpaired) electrons. The standard InChI is InChI=1S/C56H74O2S4/c1-9-17-25-41-43(27-19-11-3)51(35-37-53-45(29-21-13-5)47(31-23-15-7)55(39-57)61-53)59-49(41)33-34-50-42(26-18-10-2)44(28-20-12-4)52(60-50)36-38-54-46(30-22-14-6)48(32-24-16-8)56(40-58)62-54/h39-40H,9-32H2,1-8H3. The summed E-state index contributed by atoms with van der Waals surface area (Å²) in [5.74, 6) is 22.4. The van der Waals surface area contributed by atoms with Crippen molar-refractivity contribution in [2.24, 2.45) is 0 Å². The molecule has 0 aliphatic rings. The molecule has 62 heavy (non-hydrogen) atoms. The quantitative estimate of drug-likeness (QED) is 0.0465. The second-order valence-corrected chi connectivity index (χ2v) is 20.9. The number of aldehydes is 2. The largest absolute Gasteiger partial charge is 0.297 e. The second-order valence-electron chi connectivity index (χ2n) is 16.8. The highest BCUT2D eigenvalue weighted by atomic mass is 32.1. The highest BCUT2D eigenvalue weighted by Gasteiger charge is 2.21. The molecule has 0 atom stereocenters. The van der Waals surface area contributed by atoms with Crippen molar-refractivity contribution in [2.75, 3.05) is 0 Å². The van der Waals surface area contributed by atoms with Crippen molar-refractivity contribution in [3.8, 4) is 35.5 Å². The van der Waals surface area contributed by atoms with Gasteiger partial charge >= 0.3 is 0 Å². The number of carbonyl (C=O) groups excluding carboxylic acids is 2. The lowest BCUT2D eigenvalue weighted by atomic mass is 9.97.